The van der Waals surface area contributed by atoms with Crippen LogP contribution in [0.25, 0.3) is 0 Å². The number of nitrogens with one attached hydrogen (secondary N) is 1. The Balaban J connectivity index is 1.93. The van der Waals surface area contributed by atoms with Crippen LogP contribution in [0.2, 0.25) is 0 Å². The number of hydrogen-bond donors (Lipinski definition) is 2. The van der Waals surface area contributed by atoms with Crippen molar-refractivity contribution in [1.29, 1.82) is 0 Å². The highest BCUT2D eigenvalue weighted by molar-refractivity contribution is 5.86. The van der Waals surface area contributed by atoms with Gasteiger partial charge in [-0.1, -0.05) is 6.92 Å². The molecule has 1 saturated heterocycles. The van der Waals surface area contributed by atoms with Gasteiger partial charge in [0.25, 0.3) is 0 Å². The van der Waals surface area contributed by atoms with Gasteiger partial charge in [-0.25, -0.2) is 0 Å². The highest BCUT2D eigenvalue weighted by atomic mass is 16.5. The third kappa shape index (κ3) is 3.71. The van der Waals surface area contributed by atoms with Crippen LogP contribution in [0.4, 0.5) is 0 Å². The summed E-state index contributed by atoms with van der Waals surface area (Å²) in [5, 5.41) is 3.37. The summed E-state index contributed by atoms with van der Waals surface area (Å²) < 4.78 is 5.78. The van der Waals surface area contributed by atoms with Crippen LogP contribution in [0.5, 0.6) is 0 Å². The van der Waals surface area contributed by atoms with E-state index < -0.39 is 5.54 Å². The molecule has 3 N–H and O–H groups in total. The van der Waals surface area contributed by atoms with Crippen LogP contribution in [0.3, 0.4) is 0 Å². The second-order valence-electron chi connectivity index (χ2n) is 6.33. The summed E-state index contributed by atoms with van der Waals surface area (Å²) in [5.74, 6) is 0.188. The van der Waals surface area contributed by atoms with Gasteiger partial charge in [-0.3, -0.25) is 4.79 Å². The molecule has 2 fully saturated rings. The molecule has 1 aliphatic heterocycles. The van der Waals surface area contributed by atoms with E-state index in [9.17, 15) is 4.79 Å². The SMILES string of the molecule is CCNC(CN(C)CC1CCCCO1)(C(N)=O)C1CC1. The van der Waals surface area contributed by atoms with Crippen LogP contribution in [0.1, 0.15) is 39.0 Å². The normalized spacial score (nSPS) is 26.4. The van der Waals surface area contributed by atoms with Crippen molar-refractivity contribution < 1.29 is 9.53 Å². The number of carbonyl (C=O) groups excluding carboxylic acids is 1. The lowest BCUT2D eigenvalue weighted by atomic mass is 9.91. The number of carbonyl (C=O) groups is 1. The minimum atomic E-state index is -0.557. The number of amides is 1. The third-order valence-corrected chi connectivity index (χ3v) is 4.51. The van der Waals surface area contributed by atoms with Gasteiger partial charge in [-0.05, 0) is 51.6 Å². The quantitative estimate of drug-likeness (QED) is 0.689. The summed E-state index contributed by atoms with van der Waals surface area (Å²) in [6.45, 7) is 5.24. The second kappa shape index (κ2) is 6.87. The zero-order valence-electron chi connectivity index (χ0n) is 12.9. The summed E-state index contributed by atoms with van der Waals surface area (Å²) in [6.07, 6.45) is 6.05. The maximum Gasteiger partial charge on any atom is 0.239 e. The van der Waals surface area contributed by atoms with Crippen molar-refractivity contribution in [3.63, 3.8) is 0 Å². The van der Waals surface area contributed by atoms with E-state index in [4.69, 9.17) is 10.5 Å². The Hall–Kier alpha value is -0.650. The molecule has 2 atom stereocenters. The van der Waals surface area contributed by atoms with Gasteiger partial charge in [0, 0.05) is 19.7 Å². The molecule has 116 valence electrons. The van der Waals surface area contributed by atoms with E-state index in [-0.39, 0.29) is 5.91 Å². The van der Waals surface area contributed by atoms with Crippen molar-refractivity contribution >= 4 is 5.91 Å². The average Bonchev–Trinajstić information content (AvgIpc) is 3.23. The van der Waals surface area contributed by atoms with Gasteiger partial charge in [0.2, 0.25) is 5.91 Å². The molecule has 5 nitrogen and oxygen atoms in total. The molecule has 0 aromatic rings. The smallest absolute Gasteiger partial charge is 0.239 e. The van der Waals surface area contributed by atoms with Gasteiger partial charge < -0.3 is 20.7 Å². The third-order valence-electron chi connectivity index (χ3n) is 4.51. The van der Waals surface area contributed by atoms with Crippen LogP contribution >= 0.6 is 0 Å². The Labute approximate surface area is 122 Å². The van der Waals surface area contributed by atoms with E-state index in [2.05, 4.69) is 17.3 Å². The average molecular weight is 283 g/mol. The van der Waals surface area contributed by atoms with Gasteiger partial charge in [0.05, 0.1) is 6.10 Å². The molecule has 0 radical (unpaired) electrons. The predicted molar refractivity (Wildman–Crippen MR) is 79.4 cm³/mol. The topological polar surface area (TPSA) is 67.6 Å². The minimum Gasteiger partial charge on any atom is -0.377 e. The molecule has 1 aliphatic carbocycles. The number of nitrogens with zero attached hydrogens (tertiary/aromatic N) is 1. The molecule has 2 unspecified atom stereocenters. The Kier molecular flexibility index (Phi) is 5.41. The zero-order chi connectivity index (χ0) is 14.6. The van der Waals surface area contributed by atoms with Gasteiger partial charge >= 0.3 is 0 Å². The van der Waals surface area contributed by atoms with Crippen LogP contribution in [-0.2, 0) is 9.53 Å². The fourth-order valence-electron chi connectivity index (χ4n) is 3.38. The summed E-state index contributed by atoms with van der Waals surface area (Å²) in [4.78, 5) is 14.2. The molecule has 0 bridgehead atoms. The largest absolute Gasteiger partial charge is 0.377 e. The molecule has 20 heavy (non-hydrogen) atoms. The number of hydrogen-bond acceptors (Lipinski definition) is 4. The Bertz CT molecular complexity index is 327. The van der Waals surface area contributed by atoms with E-state index in [1.165, 1.54) is 12.8 Å². The van der Waals surface area contributed by atoms with Crippen molar-refractivity contribution in [3.05, 3.63) is 0 Å². The first kappa shape index (κ1) is 15.7. The molecule has 2 aliphatic rings. The van der Waals surface area contributed by atoms with E-state index in [1.807, 2.05) is 6.92 Å². The fourth-order valence-corrected chi connectivity index (χ4v) is 3.38. The molecule has 0 aromatic carbocycles. The van der Waals surface area contributed by atoms with Crippen molar-refractivity contribution in [3.8, 4) is 0 Å². The van der Waals surface area contributed by atoms with Crippen LogP contribution in [-0.4, -0.2) is 55.7 Å². The lowest BCUT2D eigenvalue weighted by Gasteiger charge is -2.37. The van der Waals surface area contributed by atoms with Gasteiger partial charge in [-0.15, -0.1) is 0 Å². The summed E-state index contributed by atoms with van der Waals surface area (Å²) in [6, 6.07) is 0. The Morgan fingerprint density at radius 2 is 2.15 bits per heavy atom. The lowest BCUT2D eigenvalue weighted by Crippen LogP contribution is -2.63. The van der Waals surface area contributed by atoms with Crippen molar-refractivity contribution in [2.24, 2.45) is 11.7 Å². The maximum absolute atomic E-state index is 12.0. The van der Waals surface area contributed by atoms with E-state index in [0.29, 0.717) is 18.6 Å². The van der Waals surface area contributed by atoms with Gasteiger partial charge in [0.15, 0.2) is 0 Å². The van der Waals surface area contributed by atoms with Crippen LogP contribution in [0.15, 0.2) is 0 Å². The van der Waals surface area contributed by atoms with E-state index in [0.717, 1.165) is 39.0 Å². The highest BCUT2D eigenvalue weighted by Gasteiger charge is 2.49. The molecule has 2 rings (SSSR count). The Morgan fingerprint density at radius 1 is 1.40 bits per heavy atom. The molecule has 0 aromatic heterocycles. The van der Waals surface area contributed by atoms with Crippen molar-refractivity contribution in [2.75, 3.05) is 33.3 Å². The first-order chi connectivity index (χ1) is 9.58. The molecule has 1 heterocycles. The number of rotatable bonds is 8. The predicted octanol–water partition coefficient (Wildman–Crippen LogP) is 0.731. The second-order valence-corrected chi connectivity index (χ2v) is 6.33. The van der Waals surface area contributed by atoms with Crippen LogP contribution < -0.4 is 11.1 Å². The standard InChI is InChI=1S/C15H29N3O2/c1-3-17-15(14(16)19,12-7-8-12)11-18(2)10-13-6-4-5-9-20-13/h12-13,17H,3-11H2,1-2H3,(H2,16,19). The van der Waals surface area contributed by atoms with Crippen molar-refractivity contribution in [2.45, 2.75) is 50.7 Å². The van der Waals surface area contributed by atoms with Crippen molar-refractivity contribution in [1.82, 2.24) is 10.2 Å². The molecular formula is C15H29N3O2. The monoisotopic (exact) mass is 283 g/mol. The molecule has 1 saturated carbocycles. The number of likely N-dealkylation sites (N-methyl/N-ethyl adjacent to an activating group) is 2. The number of ether oxygens (including phenoxy) is 1. The molecule has 5 heteroatoms. The highest BCUT2D eigenvalue weighted by Crippen LogP contribution is 2.40. The fraction of sp³-hybridized carbons (Fsp3) is 0.933. The van der Waals surface area contributed by atoms with Crippen LogP contribution in [0, 0.1) is 5.92 Å². The van der Waals surface area contributed by atoms with E-state index >= 15 is 0 Å². The van der Waals surface area contributed by atoms with Gasteiger partial charge in [-0.2, -0.15) is 0 Å². The first-order valence-corrected chi connectivity index (χ1v) is 7.93. The van der Waals surface area contributed by atoms with E-state index in [1.54, 1.807) is 0 Å². The number of nitrogens with two attached hydrogens (primary N) is 1. The maximum atomic E-state index is 12.0. The zero-order valence-corrected chi connectivity index (χ0v) is 12.9. The first-order valence-electron chi connectivity index (χ1n) is 7.93. The lowest BCUT2D eigenvalue weighted by molar-refractivity contribution is -0.126. The molecule has 1 amide bonds. The molecule has 0 spiro atoms. The summed E-state index contributed by atoms with van der Waals surface area (Å²) in [7, 11) is 2.06. The van der Waals surface area contributed by atoms with Gasteiger partial charge in [0.1, 0.15) is 5.54 Å². The number of primary amides is 1. The minimum absolute atomic E-state index is 0.210. The molecular weight excluding hydrogens is 254 g/mol. The summed E-state index contributed by atoms with van der Waals surface area (Å²) >= 11 is 0. The Morgan fingerprint density at radius 3 is 2.65 bits per heavy atom. The summed E-state index contributed by atoms with van der Waals surface area (Å²) in [5.41, 5.74) is 5.16.